The number of amides is 1. The summed E-state index contributed by atoms with van der Waals surface area (Å²) in [6.45, 7) is -1.94. The van der Waals surface area contributed by atoms with Gasteiger partial charge in [-0.2, -0.15) is 0 Å². The highest BCUT2D eigenvalue weighted by atomic mass is 79.9. The van der Waals surface area contributed by atoms with Crippen LogP contribution >= 0.6 is 15.9 Å². The van der Waals surface area contributed by atoms with Crippen LogP contribution in [0.5, 0.6) is 0 Å². The fraction of sp³-hybridized carbons (Fsp3) is 0.833. The number of nitrogens with zero attached hydrogens (tertiary/aromatic N) is 1. The van der Waals surface area contributed by atoms with Crippen molar-refractivity contribution >= 4 is 21.8 Å². The number of likely N-dealkylation sites (tertiary alicyclic amines) is 1. The lowest BCUT2D eigenvalue weighted by atomic mass is 10.1. The largest absolute Gasteiger partial charge is 0.346 e. The summed E-state index contributed by atoms with van der Waals surface area (Å²) in [6, 6.07) is 0. The molecule has 3 heteroatoms. The molecule has 0 radical (unpaired) electrons. The zero-order valence-corrected chi connectivity index (χ0v) is 6.52. The Morgan fingerprint density at radius 1 is 2.00 bits per heavy atom. The molecule has 1 heterocycles. The maximum atomic E-state index is 11.2. The van der Waals surface area contributed by atoms with Gasteiger partial charge >= 0.3 is 0 Å². The van der Waals surface area contributed by atoms with Crippen molar-refractivity contribution in [2.24, 2.45) is 0 Å². The molecule has 0 saturated carbocycles. The van der Waals surface area contributed by atoms with E-state index < -0.39 is 6.98 Å². The molecule has 0 N–H and O–H groups in total. The Morgan fingerprint density at radius 2 is 2.78 bits per heavy atom. The van der Waals surface area contributed by atoms with Crippen LogP contribution in [-0.4, -0.2) is 29.2 Å². The molecule has 1 saturated heterocycles. The molecule has 9 heavy (non-hydrogen) atoms. The second-order valence-electron chi connectivity index (χ2n) is 2.14. The normalized spacial score (nSPS) is 35.2. The molecule has 1 fully saturated rings. The highest BCUT2D eigenvalue weighted by Gasteiger charge is 2.20. The van der Waals surface area contributed by atoms with Crippen LogP contribution in [0.3, 0.4) is 0 Å². The third-order valence-corrected chi connectivity index (χ3v) is 2.14. The van der Waals surface area contributed by atoms with Crippen LogP contribution in [0.25, 0.3) is 0 Å². The maximum absolute atomic E-state index is 11.2. The molecule has 0 aromatic heterocycles. The average Bonchev–Trinajstić information content (AvgIpc) is 1.83. The van der Waals surface area contributed by atoms with Crippen LogP contribution in [0.1, 0.15) is 17.0 Å². The van der Waals surface area contributed by atoms with Gasteiger partial charge in [-0.05, 0) is 6.42 Å². The van der Waals surface area contributed by atoms with Crippen LogP contribution in [0.4, 0.5) is 0 Å². The summed E-state index contributed by atoms with van der Waals surface area (Å²) in [5.41, 5.74) is 0. The van der Waals surface area contributed by atoms with Gasteiger partial charge in [0.2, 0.25) is 5.91 Å². The maximum Gasteiger partial charge on any atom is 0.223 e. The van der Waals surface area contributed by atoms with Crippen molar-refractivity contribution in [2.75, 3.05) is 13.5 Å². The van der Waals surface area contributed by atoms with Crippen molar-refractivity contribution in [3.63, 3.8) is 0 Å². The summed E-state index contributed by atoms with van der Waals surface area (Å²) < 4.78 is 21.1. The summed E-state index contributed by atoms with van der Waals surface area (Å²) >= 11 is 3.29. The fourth-order valence-electron chi connectivity index (χ4n) is 0.796. The minimum absolute atomic E-state index is 0.142. The van der Waals surface area contributed by atoms with Gasteiger partial charge < -0.3 is 4.90 Å². The standard InChI is InChI=1S/C6H10BrNO/c1-8-3-2-5(7)4-6(8)9/h5H,2-4H2,1H3/i1D3. The topological polar surface area (TPSA) is 20.3 Å². The second kappa shape index (κ2) is 2.69. The molecule has 1 aliphatic heterocycles. The predicted octanol–water partition coefficient (Wildman–Crippen LogP) is 1.00. The third-order valence-electron chi connectivity index (χ3n) is 1.36. The molecule has 2 nitrogen and oxygen atoms in total. The van der Waals surface area contributed by atoms with Gasteiger partial charge in [0, 0.05) is 28.9 Å². The summed E-state index contributed by atoms with van der Waals surface area (Å²) in [5.74, 6) is -0.289. The first kappa shape index (κ1) is 3.96. The molecule has 1 unspecified atom stereocenters. The van der Waals surface area contributed by atoms with Crippen LogP contribution < -0.4 is 0 Å². The van der Waals surface area contributed by atoms with Crippen molar-refractivity contribution < 1.29 is 8.91 Å². The fourth-order valence-corrected chi connectivity index (χ4v) is 1.28. The molecule has 52 valence electrons. The summed E-state index contributed by atoms with van der Waals surface area (Å²) in [5, 5.41) is 0. The number of carbonyl (C=O) groups is 1. The Hall–Kier alpha value is -0.0500. The first-order valence-electron chi connectivity index (χ1n) is 4.36. The Labute approximate surface area is 67.6 Å². The molecule has 0 aliphatic carbocycles. The molecule has 0 aromatic carbocycles. The first-order valence-corrected chi connectivity index (χ1v) is 3.77. The number of hydrogen-bond donors (Lipinski definition) is 0. The van der Waals surface area contributed by atoms with E-state index in [0.717, 1.165) is 4.90 Å². The lowest BCUT2D eigenvalue weighted by Gasteiger charge is -2.25. The van der Waals surface area contributed by atoms with E-state index in [-0.39, 0.29) is 10.7 Å². The van der Waals surface area contributed by atoms with Gasteiger partial charge in [0.05, 0.1) is 0 Å². The van der Waals surface area contributed by atoms with Gasteiger partial charge in [-0.15, -0.1) is 0 Å². The lowest BCUT2D eigenvalue weighted by molar-refractivity contribution is -0.131. The van der Waals surface area contributed by atoms with E-state index >= 15 is 0 Å². The van der Waals surface area contributed by atoms with Crippen molar-refractivity contribution in [3.05, 3.63) is 0 Å². The Kier molecular flexibility index (Phi) is 1.18. The van der Waals surface area contributed by atoms with E-state index in [2.05, 4.69) is 15.9 Å². The monoisotopic (exact) mass is 194 g/mol. The number of rotatable bonds is 0. The Balaban J connectivity index is 2.63. The number of alkyl halides is 1. The van der Waals surface area contributed by atoms with Crippen molar-refractivity contribution in [1.29, 1.82) is 0 Å². The van der Waals surface area contributed by atoms with Crippen molar-refractivity contribution in [1.82, 2.24) is 4.90 Å². The Morgan fingerprint density at radius 3 is 3.33 bits per heavy atom. The van der Waals surface area contributed by atoms with E-state index in [4.69, 9.17) is 4.11 Å². The zero-order chi connectivity index (χ0) is 9.35. The minimum atomic E-state index is -2.26. The SMILES string of the molecule is [2H]C([2H])([2H])N1CCC(Br)CC1=O. The average molecular weight is 195 g/mol. The Bertz CT molecular complexity index is 194. The number of halogens is 1. The van der Waals surface area contributed by atoms with Crippen LogP contribution in [0.2, 0.25) is 0 Å². The molecule has 0 bridgehead atoms. The van der Waals surface area contributed by atoms with E-state index in [1.54, 1.807) is 0 Å². The molecule has 1 rings (SSSR count). The summed E-state index contributed by atoms with van der Waals surface area (Å²) in [4.78, 5) is 12.3. The highest BCUT2D eigenvalue weighted by Crippen LogP contribution is 2.16. The van der Waals surface area contributed by atoms with Crippen LogP contribution in [-0.2, 0) is 4.79 Å². The first-order chi connectivity index (χ1) is 5.41. The van der Waals surface area contributed by atoms with Crippen LogP contribution in [0, 0.1) is 0 Å². The van der Waals surface area contributed by atoms with E-state index in [0.29, 0.717) is 19.4 Å². The quantitative estimate of drug-likeness (QED) is 0.528. The highest BCUT2D eigenvalue weighted by molar-refractivity contribution is 9.09. The predicted molar refractivity (Wildman–Crippen MR) is 39.6 cm³/mol. The van der Waals surface area contributed by atoms with Gasteiger partial charge in [-0.25, -0.2) is 0 Å². The molecular formula is C6H10BrNO. The molecule has 1 atom stereocenters. The van der Waals surface area contributed by atoms with E-state index in [1.807, 2.05) is 0 Å². The third kappa shape index (κ3) is 1.68. The number of hydrogen-bond acceptors (Lipinski definition) is 1. The van der Waals surface area contributed by atoms with E-state index in [1.165, 1.54) is 0 Å². The second-order valence-corrected chi connectivity index (χ2v) is 3.43. The molecule has 0 aromatic rings. The molecule has 0 spiro atoms. The van der Waals surface area contributed by atoms with Gasteiger partial charge in [-0.1, -0.05) is 15.9 Å². The molecule has 1 aliphatic rings. The van der Waals surface area contributed by atoms with Crippen molar-refractivity contribution in [3.8, 4) is 0 Å². The molecule has 1 amide bonds. The lowest BCUT2D eigenvalue weighted by Crippen LogP contribution is -2.35. The van der Waals surface area contributed by atoms with Gasteiger partial charge in [-0.3, -0.25) is 4.79 Å². The van der Waals surface area contributed by atoms with Gasteiger partial charge in [0.1, 0.15) is 0 Å². The van der Waals surface area contributed by atoms with E-state index in [9.17, 15) is 4.79 Å². The summed E-state index contributed by atoms with van der Waals surface area (Å²) in [6.07, 6.45) is 1.00. The van der Waals surface area contributed by atoms with Gasteiger partial charge in [0.25, 0.3) is 0 Å². The van der Waals surface area contributed by atoms with Crippen LogP contribution in [0.15, 0.2) is 0 Å². The number of carbonyl (C=O) groups excluding carboxylic acids is 1. The van der Waals surface area contributed by atoms with Gasteiger partial charge in [0.15, 0.2) is 0 Å². The van der Waals surface area contributed by atoms with Crippen molar-refractivity contribution in [2.45, 2.75) is 17.7 Å². The minimum Gasteiger partial charge on any atom is -0.346 e. The zero-order valence-electron chi connectivity index (χ0n) is 7.93. The smallest absolute Gasteiger partial charge is 0.223 e. The molecular weight excluding hydrogens is 182 g/mol. The summed E-state index contributed by atoms with van der Waals surface area (Å²) in [7, 11) is 0. The number of piperidine rings is 1.